The summed E-state index contributed by atoms with van der Waals surface area (Å²) in [5.74, 6) is -0.951. The highest BCUT2D eigenvalue weighted by molar-refractivity contribution is 14.1. The van der Waals surface area contributed by atoms with Crippen molar-refractivity contribution in [1.82, 2.24) is 4.98 Å². The number of fused-ring (bicyclic) bond motifs is 3. The second-order valence-corrected chi connectivity index (χ2v) is 9.43. The monoisotopic (exact) mass is 473 g/mol. The fourth-order valence-corrected chi connectivity index (χ4v) is 6.06. The van der Waals surface area contributed by atoms with Crippen molar-refractivity contribution < 1.29 is 14.6 Å². The molecule has 1 atom stereocenters. The van der Waals surface area contributed by atoms with Crippen LogP contribution in [0.2, 0.25) is 0 Å². The molecule has 2 aromatic heterocycles. The van der Waals surface area contributed by atoms with Crippen molar-refractivity contribution >= 4 is 50.1 Å². The molecule has 0 saturated heterocycles. The molecule has 0 spiro atoms. The van der Waals surface area contributed by atoms with Gasteiger partial charge in [-0.25, -0.2) is 9.78 Å². The lowest BCUT2D eigenvalue weighted by molar-refractivity contribution is -0.162. The molecule has 4 nitrogen and oxygen atoms in total. The van der Waals surface area contributed by atoms with Crippen LogP contribution in [0.1, 0.15) is 67.8 Å². The van der Waals surface area contributed by atoms with Crippen LogP contribution in [0.5, 0.6) is 0 Å². The first-order valence-corrected chi connectivity index (χ1v) is 10.7. The Balaban J connectivity index is 2.18. The molecule has 6 heteroatoms. The molecule has 0 fully saturated rings. The van der Waals surface area contributed by atoms with Crippen molar-refractivity contribution in [2.45, 2.75) is 71.5 Å². The lowest BCUT2D eigenvalue weighted by Crippen LogP contribution is -2.30. The summed E-state index contributed by atoms with van der Waals surface area (Å²) in [6.07, 6.45) is 4.36. The van der Waals surface area contributed by atoms with Gasteiger partial charge in [0, 0.05) is 25.1 Å². The molecule has 0 radical (unpaired) electrons. The van der Waals surface area contributed by atoms with Gasteiger partial charge in [-0.15, -0.1) is 11.3 Å². The van der Waals surface area contributed by atoms with Gasteiger partial charge in [-0.2, -0.15) is 0 Å². The predicted molar refractivity (Wildman–Crippen MR) is 110 cm³/mol. The van der Waals surface area contributed by atoms with Crippen LogP contribution in [0.3, 0.4) is 0 Å². The molecule has 3 rings (SSSR count). The molecule has 0 bridgehead atoms. The number of aliphatic carboxylic acids is 1. The van der Waals surface area contributed by atoms with E-state index in [4.69, 9.17) is 9.72 Å². The Bertz CT molecular complexity index is 828. The number of carboxylic acid groups (broad SMARTS) is 1. The Morgan fingerprint density at radius 1 is 1.40 bits per heavy atom. The molecule has 2 aromatic rings. The summed E-state index contributed by atoms with van der Waals surface area (Å²) in [6.45, 7) is 7.77. The molecular formula is C19H24INO3S. The number of carboxylic acids is 1. The van der Waals surface area contributed by atoms with Gasteiger partial charge in [0.1, 0.15) is 4.83 Å². The SMILES string of the molecule is CCC(C)(C)OC(C(=O)O)c1c(C)nc2sc3c(c2c1I)CCCC3. The second kappa shape index (κ2) is 7.12. The van der Waals surface area contributed by atoms with Gasteiger partial charge in [-0.1, -0.05) is 6.92 Å². The Labute approximate surface area is 166 Å². The van der Waals surface area contributed by atoms with Crippen LogP contribution in [-0.4, -0.2) is 21.7 Å². The average Bonchev–Trinajstić information content (AvgIpc) is 2.91. The third kappa shape index (κ3) is 3.57. The minimum atomic E-state index is -0.988. The molecule has 25 heavy (non-hydrogen) atoms. The van der Waals surface area contributed by atoms with Crippen LogP contribution < -0.4 is 0 Å². The van der Waals surface area contributed by atoms with Gasteiger partial charge in [-0.3, -0.25) is 0 Å². The maximum atomic E-state index is 12.0. The standard InChI is InChI=1S/C19H24INO3S/c1-5-19(3,4)24-16(18(22)23)13-10(2)21-17-14(15(13)20)11-8-6-7-9-12(11)25-17/h16H,5-9H2,1-4H3,(H,22,23). The first-order valence-electron chi connectivity index (χ1n) is 8.76. The van der Waals surface area contributed by atoms with E-state index in [1.807, 2.05) is 27.7 Å². The van der Waals surface area contributed by atoms with E-state index in [1.54, 1.807) is 11.3 Å². The summed E-state index contributed by atoms with van der Waals surface area (Å²) >= 11 is 4.07. The van der Waals surface area contributed by atoms with E-state index in [0.717, 1.165) is 38.7 Å². The van der Waals surface area contributed by atoms with Gasteiger partial charge in [0.05, 0.1) is 5.60 Å². The second-order valence-electron chi connectivity index (χ2n) is 7.27. The van der Waals surface area contributed by atoms with E-state index in [9.17, 15) is 9.90 Å². The summed E-state index contributed by atoms with van der Waals surface area (Å²) in [5.41, 5.74) is 2.35. The largest absolute Gasteiger partial charge is 0.479 e. The highest BCUT2D eigenvalue weighted by Crippen LogP contribution is 2.42. The number of ether oxygens (including phenoxy) is 1. The zero-order chi connectivity index (χ0) is 18.4. The molecule has 1 aliphatic carbocycles. The van der Waals surface area contributed by atoms with E-state index >= 15 is 0 Å². The van der Waals surface area contributed by atoms with Gasteiger partial charge < -0.3 is 9.84 Å². The summed E-state index contributed by atoms with van der Waals surface area (Å²) in [6, 6.07) is 0. The van der Waals surface area contributed by atoms with Crippen LogP contribution >= 0.6 is 33.9 Å². The lowest BCUT2D eigenvalue weighted by Gasteiger charge is -2.29. The normalized spacial score (nSPS) is 16.0. The minimum Gasteiger partial charge on any atom is -0.479 e. The van der Waals surface area contributed by atoms with E-state index < -0.39 is 17.7 Å². The van der Waals surface area contributed by atoms with Crippen LogP contribution in [-0.2, 0) is 22.4 Å². The first-order chi connectivity index (χ1) is 11.7. The zero-order valence-corrected chi connectivity index (χ0v) is 18.1. The number of thiophene rings is 1. The molecule has 0 aromatic carbocycles. The molecule has 2 heterocycles. The van der Waals surface area contributed by atoms with Crippen LogP contribution in [0.15, 0.2) is 0 Å². The van der Waals surface area contributed by atoms with Gasteiger partial charge in [-0.05, 0) is 81.0 Å². The number of nitrogens with zero attached hydrogens (tertiary/aromatic N) is 1. The molecular weight excluding hydrogens is 449 g/mol. The number of hydrogen-bond acceptors (Lipinski definition) is 4. The maximum Gasteiger partial charge on any atom is 0.337 e. The van der Waals surface area contributed by atoms with Crippen molar-refractivity contribution in [1.29, 1.82) is 0 Å². The third-order valence-corrected chi connectivity index (χ3v) is 7.35. The molecule has 0 amide bonds. The average molecular weight is 473 g/mol. The summed E-state index contributed by atoms with van der Waals surface area (Å²) < 4.78 is 7.02. The highest BCUT2D eigenvalue weighted by atomic mass is 127. The van der Waals surface area contributed by atoms with Crippen LogP contribution in [0.4, 0.5) is 0 Å². The highest BCUT2D eigenvalue weighted by Gasteiger charge is 2.33. The predicted octanol–water partition coefficient (Wildman–Crippen LogP) is 5.42. The number of aryl methyl sites for hydroxylation is 3. The molecule has 1 aliphatic rings. The quantitative estimate of drug-likeness (QED) is 0.590. The zero-order valence-electron chi connectivity index (χ0n) is 15.1. The number of halogens is 1. The smallest absolute Gasteiger partial charge is 0.337 e. The van der Waals surface area contributed by atoms with E-state index in [-0.39, 0.29) is 0 Å². The van der Waals surface area contributed by atoms with Crippen molar-refractivity contribution in [2.24, 2.45) is 0 Å². The van der Waals surface area contributed by atoms with Gasteiger partial charge >= 0.3 is 5.97 Å². The van der Waals surface area contributed by atoms with Crippen LogP contribution in [0.25, 0.3) is 10.2 Å². The molecule has 1 N–H and O–H groups in total. The third-order valence-electron chi connectivity index (χ3n) is 5.04. The Hall–Kier alpha value is -0.730. The maximum absolute atomic E-state index is 12.0. The fourth-order valence-electron chi connectivity index (χ4n) is 3.30. The molecule has 1 unspecified atom stereocenters. The Kier molecular flexibility index (Phi) is 5.42. The van der Waals surface area contributed by atoms with Crippen molar-refractivity contribution in [3.05, 3.63) is 25.3 Å². The number of pyridine rings is 1. The molecule has 0 aliphatic heterocycles. The fraction of sp³-hybridized carbons (Fsp3) is 0.579. The van der Waals surface area contributed by atoms with Crippen LogP contribution in [0, 0.1) is 10.5 Å². The first kappa shape index (κ1) is 19.0. The number of carbonyl (C=O) groups is 1. The summed E-state index contributed by atoms with van der Waals surface area (Å²) in [7, 11) is 0. The molecule has 0 saturated carbocycles. The number of aromatic nitrogens is 1. The number of hydrogen-bond donors (Lipinski definition) is 1. The summed E-state index contributed by atoms with van der Waals surface area (Å²) in [4.78, 5) is 19.2. The van der Waals surface area contributed by atoms with Gasteiger partial charge in [0.15, 0.2) is 6.10 Å². The topological polar surface area (TPSA) is 59.4 Å². The molecule has 136 valence electrons. The Morgan fingerprint density at radius 2 is 2.08 bits per heavy atom. The lowest BCUT2D eigenvalue weighted by atomic mass is 9.95. The van der Waals surface area contributed by atoms with E-state index in [0.29, 0.717) is 5.56 Å². The van der Waals surface area contributed by atoms with Crippen molar-refractivity contribution in [3.8, 4) is 0 Å². The van der Waals surface area contributed by atoms with Crippen molar-refractivity contribution in [3.63, 3.8) is 0 Å². The van der Waals surface area contributed by atoms with E-state index in [1.165, 1.54) is 23.3 Å². The minimum absolute atomic E-state index is 0.498. The number of rotatable bonds is 5. The Morgan fingerprint density at radius 3 is 2.72 bits per heavy atom. The van der Waals surface area contributed by atoms with Gasteiger partial charge in [0.2, 0.25) is 0 Å². The van der Waals surface area contributed by atoms with Gasteiger partial charge in [0.25, 0.3) is 0 Å². The van der Waals surface area contributed by atoms with E-state index in [2.05, 4.69) is 22.6 Å². The summed E-state index contributed by atoms with van der Waals surface area (Å²) in [5, 5.41) is 11.0. The van der Waals surface area contributed by atoms with Crippen molar-refractivity contribution in [2.75, 3.05) is 0 Å².